The third-order valence-electron chi connectivity index (χ3n) is 3.51. The number of carbonyl (C=O) groups is 1. The molecule has 3 heterocycles. The predicted molar refractivity (Wildman–Crippen MR) is 96.4 cm³/mol. The first-order valence-corrected chi connectivity index (χ1v) is 9.66. The monoisotopic (exact) mass is 381 g/mol. The van der Waals surface area contributed by atoms with Crippen LogP contribution in [0, 0.1) is 0 Å². The molecule has 126 valence electrons. The van der Waals surface area contributed by atoms with Crippen molar-refractivity contribution in [2.24, 2.45) is 0 Å². The molecule has 0 radical (unpaired) electrons. The van der Waals surface area contributed by atoms with Gasteiger partial charge in [-0.1, -0.05) is 16.8 Å². The fourth-order valence-corrected chi connectivity index (χ4v) is 3.98. The van der Waals surface area contributed by atoms with Crippen LogP contribution in [-0.2, 0) is 17.8 Å². The lowest BCUT2D eigenvalue weighted by molar-refractivity contribution is -0.131. The molecule has 5 nitrogen and oxygen atoms in total. The number of halogens is 1. The summed E-state index contributed by atoms with van der Waals surface area (Å²) >= 11 is 9.02. The molecule has 8 heteroatoms. The van der Waals surface area contributed by atoms with Crippen LogP contribution in [0.15, 0.2) is 33.5 Å². The van der Waals surface area contributed by atoms with E-state index >= 15 is 0 Å². The molecule has 0 aromatic carbocycles. The Bertz CT molecular complexity index is 798. The molecule has 3 aromatic rings. The zero-order valence-corrected chi connectivity index (χ0v) is 15.5. The van der Waals surface area contributed by atoms with Gasteiger partial charge in [-0.05, 0) is 30.5 Å². The van der Waals surface area contributed by atoms with E-state index in [4.69, 9.17) is 16.1 Å². The van der Waals surface area contributed by atoms with Gasteiger partial charge in [0, 0.05) is 35.2 Å². The molecule has 0 aliphatic carbocycles. The largest absolute Gasteiger partial charge is 0.339 e. The smallest absolute Gasteiger partial charge is 0.227 e. The van der Waals surface area contributed by atoms with Crippen molar-refractivity contribution < 1.29 is 9.32 Å². The van der Waals surface area contributed by atoms with Crippen molar-refractivity contribution in [3.05, 3.63) is 44.1 Å². The highest BCUT2D eigenvalue weighted by atomic mass is 35.5. The Morgan fingerprint density at radius 2 is 2.25 bits per heavy atom. The molecule has 24 heavy (non-hydrogen) atoms. The van der Waals surface area contributed by atoms with Gasteiger partial charge >= 0.3 is 0 Å². The van der Waals surface area contributed by atoms with Crippen LogP contribution in [0.25, 0.3) is 11.4 Å². The molecule has 0 spiro atoms. The van der Waals surface area contributed by atoms with Gasteiger partial charge in [0.2, 0.25) is 17.6 Å². The fraction of sp³-hybridized carbons (Fsp3) is 0.312. The van der Waals surface area contributed by atoms with Crippen LogP contribution in [-0.4, -0.2) is 27.5 Å². The van der Waals surface area contributed by atoms with Crippen molar-refractivity contribution in [1.29, 1.82) is 0 Å². The van der Waals surface area contributed by atoms with Crippen LogP contribution in [0.4, 0.5) is 0 Å². The highest BCUT2D eigenvalue weighted by molar-refractivity contribution is 7.16. The Labute approximate surface area is 152 Å². The molecule has 0 aliphatic heterocycles. The summed E-state index contributed by atoms with van der Waals surface area (Å²) in [6.45, 7) is 3.20. The zero-order chi connectivity index (χ0) is 16.9. The summed E-state index contributed by atoms with van der Waals surface area (Å²) in [7, 11) is 0. The highest BCUT2D eigenvalue weighted by Crippen LogP contribution is 2.23. The quantitative estimate of drug-likeness (QED) is 0.604. The van der Waals surface area contributed by atoms with Gasteiger partial charge < -0.3 is 9.42 Å². The van der Waals surface area contributed by atoms with Crippen LogP contribution in [0.5, 0.6) is 0 Å². The van der Waals surface area contributed by atoms with E-state index in [0.29, 0.717) is 37.6 Å². The van der Waals surface area contributed by atoms with Crippen molar-refractivity contribution in [2.45, 2.75) is 26.3 Å². The van der Waals surface area contributed by atoms with Crippen LogP contribution in [0.3, 0.4) is 0 Å². The Hall–Kier alpha value is -1.70. The van der Waals surface area contributed by atoms with Gasteiger partial charge in [-0.15, -0.1) is 11.3 Å². The number of thiophene rings is 2. The second-order valence-corrected chi connectivity index (χ2v) is 7.72. The molecule has 0 atom stereocenters. The van der Waals surface area contributed by atoms with Crippen molar-refractivity contribution in [1.82, 2.24) is 15.0 Å². The molecule has 0 aliphatic rings. The number of hydrogen-bond donors (Lipinski definition) is 0. The van der Waals surface area contributed by atoms with Crippen molar-refractivity contribution in [3.63, 3.8) is 0 Å². The summed E-state index contributed by atoms with van der Waals surface area (Å²) in [4.78, 5) is 19.6. The van der Waals surface area contributed by atoms with Crippen LogP contribution in [0.1, 0.15) is 24.1 Å². The SMILES string of the molecule is CCN(Cc1ccc(Cl)s1)C(=O)CCc1nc(-c2ccsc2)no1. The van der Waals surface area contributed by atoms with E-state index in [1.54, 1.807) is 16.2 Å². The molecule has 0 N–H and O–H groups in total. The Kier molecular flexibility index (Phi) is 5.65. The van der Waals surface area contributed by atoms with Gasteiger partial charge in [0.15, 0.2) is 0 Å². The summed E-state index contributed by atoms with van der Waals surface area (Å²) in [5.74, 6) is 1.12. The first-order valence-electron chi connectivity index (χ1n) is 7.53. The number of aromatic nitrogens is 2. The third kappa shape index (κ3) is 4.23. The molecule has 0 saturated heterocycles. The average molecular weight is 382 g/mol. The second-order valence-electron chi connectivity index (χ2n) is 5.14. The van der Waals surface area contributed by atoms with Gasteiger partial charge in [-0.2, -0.15) is 16.3 Å². The predicted octanol–water partition coefficient (Wildman–Crippen LogP) is 4.49. The molecule has 1 amide bonds. The summed E-state index contributed by atoms with van der Waals surface area (Å²) in [6, 6.07) is 5.74. The summed E-state index contributed by atoms with van der Waals surface area (Å²) in [5.41, 5.74) is 0.936. The summed E-state index contributed by atoms with van der Waals surface area (Å²) in [6.07, 6.45) is 0.788. The Balaban J connectivity index is 1.56. The highest BCUT2D eigenvalue weighted by Gasteiger charge is 2.16. The lowest BCUT2D eigenvalue weighted by Gasteiger charge is -2.19. The maximum absolute atomic E-state index is 12.4. The first-order chi connectivity index (χ1) is 11.7. The lowest BCUT2D eigenvalue weighted by atomic mass is 10.2. The molecular weight excluding hydrogens is 366 g/mol. The minimum Gasteiger partial charge on any atom is -0.339 e. The van der Waals surface area contributed by atoms with Crippen LogP contribution < -0.4 is 0 Å². The Morgan fingerprint density at radius 1 is 1.38 bits per heavy atom. The number of carbonyl (C=O) groups excluding carboxylic acids is 1. The van der Waals surface area contributed by atoms with Crippen molar-refractivity contribution >= 4 is 40.2 Å². The topological polar surface area (TPSA) is 59.2 Å². The molecule has 0 saturated carbocycles. The molecule has 0 fully saturated rings. The maximum atomic E-state index is 12.4. The van der Waals surface area contributed by atoms with E-state index in [2.05, 4.69) is 10.1 Å². The minimum atomic E-state index is 0.0669. The molecule has 3 aromatic heterocycles. The molecular formula is C16H16ClN3O2S2. The van der Waals surface area contributed by atoms with Gasteiger partial charge in [0.05, 0.1) is 10.9 Å². The van der Waals surface area contributed by atoms with E-state index in [1.807, 2.05) is 35.9 Å². The number of amides is 1. The van der Waals surface area contributed by atoms with Crippen LogP contribution >= 0.6 is 34.3 Å². The first kappa shape index (κ1) is 17.1. The number of nitrogens with zero attached hydrogens (tertiary/aromatic N) is 3. The number of hydrogen-bond acceptors (Lipinski definition) is 6. The molecule has 0 unspecified atom stereocenters. The average Bonchev–Trinajstić information content (AvgIpc) is 3.31. The van der Waals surface area contributed by atoms with Gasteiger partial charge in [-0.25, -0.2) is 0 Å². The zero-order valence-electron chi connectivity index (χ0n) is 13.1. The lowest BCUT2D eigenvalue weighted by Crippen LogP contribution is -2.30. The molecule has 0 bridgehead atoms. The van der Waals surface area contributed by atoms with Gasteiger partial charge in [0.1, 0.15) is 0 Å². The van der Waals surface area contributed by atoms with E-state index in [1.165, 1.54) is 11.3 Å². The third-order valence-corrected chi connectivity index (χ3v) is 5.41. The van der Waals surface area contributed by atoms with E-state index in [-0.39, 0.29) is 5.91 Å². The number of rotatable bonds is 7. The normalized spacial score (nSPS) is 10.9. The van der Waals surface area contributed by atoms with Gasteiger partial charge in [0.25, 0.3) is 0 Å². The minimum absolute atomic E-state index is 0.0669. The Morgan fingerprint density at radius 3 is 2.92 bits per heavy atom. The van der Waals surface area contributed by atoms with E-state index in [9.17, 15) is 4.79 Å². The van der Waals surface area contributed by atoms with Gasteiger partial charge in [-0.3, -0.25) is 4.79 Å². The van der Waals surface area contributed by atoms with Crippen LogP contribution in [0.2, 0.25) is 4.34 Å². The molecule has 3 rings (SSSR count). The summed E-state index contributed by atoms with van der Waals surface area (Å²) in [5, 5.41) is 7.88. The van der Waals surface area contributed by atoms with Crippen molar-refractivity contribution in [2.75, 3.05) is 6.54 Å². The second kappa shape index (κ2) is 7.92. The fourth-order valence-electron chi connectivity index (χ4n) is 2.24. The summed E-state index contributed by atoms with van der Waals surface area (Å²) < 4.78 is 5.97. The maximum Gasteiger partial charge on any atom is 0.227 e. The number of aryl methyl sites for hydroxylation is 1. The standard InChI is InChI=1S/C16H16ClN3O2S2/c1-2-20(9-12-3-4-13(17)24-12)15(21)6-5-14-18-16(19-22-14)11-7-8-23-10-11/h3-4,7-8,10H,2,5-6,9H2,1H3. The van der Waals surface area contributed by atoms with Crippen molar-refractivity contribution in [3.8, 4) is 11.4 Å². The van der Waals surface area contributed by atoms with E-state index < -0.39 is 0 Å². The van der Waals surface area contributed by atoms with E-state index in [0.717, 1.165) is 14.8 Å².